The van der Waals surface area contributed by atoms with Gasteiger partial charge in [-0.25, -0.2) is 8.78 Å². The minimum atomic E-state index is -0.894. The molecule has 5 aromatic heterocycles. The van der Waals surface area contributed by atoms with Crippen LogP contribution >= 0.6 is 45.3 Å². The van der Waals surface area contributed by atoms with E-state index in [0.29, 0.717) is 34.0 Å². The van der Waals surface area contributed by atoms with Crippen LogP contribution in [0.15, 0.2) is 36.4 Å². The van der Waals surface area contributed by atoms with Crippen molar-refractivity contribution in [1.82, 2.24) is 15.0 Å². The number of aromatic nitrogens is 3. The van der Waals surface area contributed by atoms with Gasteiger partial charge in [-0.1, -0.05) is 232 Å². The average molecular weight is 1140 g/mol. The first kappa shape index (κ1) is 62.2. The number of fused-ring (bicyclic) bond motifs is 3. The third-order valence-corrected chi connectivity index (χ3v) is 20.4. The van der Waals surface area contributed by atoms with Crippen LogP contribution in [0.3, 0.4) is 0 Å². The zero-order valence-corrected chi connectivity index (χ0v) is 52.1. The Bertz CT molecular complexity index is 2700. The predicted molar refractivity (Wildman–Crippen MR) is 339 cm³/mol. The van der Waals surface area contributed by atoms with Crippen molar-refractivity contribution in [2.75, 3.05) is 13.2 Å². The third kappa shape index (κ3) is 18.8. The fraction of sp³-hybridized carbons (Fsp3) is 0.642. The summed E-state index contributed by atoms with van der Waals surface area (Å²) in [6.45, 7) is 10.1. The van der Waals surface area contributed by atoms with Crippen molar-refractivity contribution in [3.8, 4) is 42.1 Å². The molecule has 430 valence electrons. The van der Waals surface area contributed by atoms with Gasteiger partial charge in [0.15, 0.2) is 11.6 Å². The van der Waals surface area contributed by atoms with Gasteiger partial charge in [-0.05, 0) is 63.1 Å². The maximum atomic E-state index is 16.5. The van der Waals surface area contributed by atoms with Gasteiger partial charge in [0.2, 0.25) is 0 Å². The van der Waals surface area contributed by atoms with Crippen LogP contribution in [-0.2, 0) is 7.05 Å². The molecule has 2 aromatic carbocycles. The first-order valence-electron chi connectivity index (χ1n) is 31.4. The summed E-state index contributed by atoms with van der Waals surface area (Å²) in [7, 11) is 1.70. The normalized spacial score (nSPS) is 11.9. The number of unbranched alkanes of at least 4 members (excludes halogenated alkanes) is 34. The summed E-state index contributed by atoms with van der Waals surface area (Å²) in [5, 5.41) is 11.4. The van der Waals surface area contributed by atoms with Gasteiger partial charge in [0.05, 0.1) is 33.7 Å². The molecule has 5 heterocycles. The van der Waals surface area contributed by atoms with Crippen LogP contribution in [0.4, 0.5) is 8.78 Å². The van der Waals surface area contributed by atoms with E-state index in [1.807, 2.05) is 31.2 Å². The summed E-state index contributed by atoms with van der Waals surface area (Å²) >= 11 is 6.39. The number of benzene rings is 2. The van der Waals surface area contributed by atoms with Crippen molar-refractivity contribution in [3.63, 3.8) is 0 Å². The Morgan fingerprint density at radius 1 is 0.385 bits per heavy atom. The Morgan fingerprint density at radius 3 is 1.13 bits per heavy atom. The predicted octanol–water partition coefficient (Wildman–Crippen LogP) is 24.3. The molecule has 0 bridgehead atoms. The molecule has 0 aliphatic heterocycles. The Morgan fingerprint density at radius 2 is 0.731 bits per heavy atom. The van der Waals surface area contributed by atoms with Gasteiger partial charge in [-0.2, -0.15) is 15.0 Å². The number of thiophene rings is 4. The van der Waals surface area contributed by atoms with E-state index in [1.165, 1.54) is 251 Å². The van der Waals surface area contributed by atoms with Gasteiger partial charge < -0.3 is 9.47 Å². The lowest BCUT2D eigenvalue weighted by molar-refractivity contribution is 0.307. The maximum absolute atomic E-state index is 16.5. The molecule has 0 atom stereocenters. The number of ether oxygens (including phenoxy) is 2. The molecule has 0 spiro atoms. The second-order valence-electron chi connectivity index (χ2n) is 22.7. The molecule has 0 radical (unpaired) electrons. The fourth-order valence-corrected chi connectivity index (χ4v) is 15.6. The van der Waals surface area contributed by atoms with Crippen molar-refractivity contribution in [2.45, 2.75) is 259 Å². The fourth-order valence-electron chi connectivity index (χ4n) is 11.4. The molecule has 0 fully saturated rings. The number of hydrogen-bond donors (Lipinski definition) is 0. The summed E-state index contributed by atoms with van der Waals surface area (Å²) in [4.78, 5) is 6.96. The lowest BCUT2D eigenvalue weighted by Gasteiger charge is -2.14. The molecule has 0 saturated heterocycles. The van der Waals surface area contributed by atoms with Crippen molar-refractivity contribution < 1.29 is 18.3 Å². The Labute approximate surface area is 485 Å². The molecular formula is C67H97F2N3O2S4. The minimum Gasteiger partial charge on any atom is -0.491 e. The van der Waals surface area contributed by atoms with E-state index in [9.17, 15) is 0 Å². The summed E-state index contributed by atoms with van der Waals surface area (Å²) in [6, 6.07) is 12.2. The standard InChI is InChI=1S/C67H97F2N3O2S4/c1-6-8-10-12-14-16-18-20-22-24-26-28-30-32-34-36-38-40-46-73-64-52-48-51(4)76-66(52)65(74-47-41-39-37-35-33-31-29-27-25-23-21-19-17-15-13-11-9-7-2)53-49-57(78-67(53)64)54-44-45-56(77-54)59-61(69)60(68)58(55-43-42-50(3)75-55)62-63(59)71-72(5)70-62/h42-45,48-49H,6-41,46-47H2,1-5H3. The van der Waals surface area contributed by atoms with E-state index < -0.39 is 11.6 Å². The molecule has 0 aliphatic rings. The zero-order chi connectivity index (χ0) is 54.7. The molecule has 7 rings (SSSR count). The highest BCUT2D eigenvalue weighted by Crippen LogP contribution is 2.53. The van der Waals surface area contributed by atoms with Crippen LogP contribution in [0.1, 0.15) is 255 Å². The summed E-state index contributed by atoms with van der Waals surface area (Å²) in [5.74, 6) is 0.104. The number of hydrogen-bond acceptors (Lipinski definition) is 8. The summed E-state index contributed by atoms with van der Waals surface area (Å²) in [6.07, 6.45) is 48.7. The van der Waals surface area contributed by atoms with Gasteiger partial charge in [0.1, 0.15) is 22.5 Å². The molecule has 0 aliphatic carbocycles. The Hall–Kier alpha value is -3.38. The highest BCUT2D eigenvalue weighted by Gasteiger charge is 2.28. The number of rotatable bonds is 43. The van der Waals surface area contributed by atoms with Crippen LogP contribution in [0, 0.1) is 25.5 Å². The second-order valence-corrected chi connectivity index (χ2v) is 27.3. The molecule has 0 N–H and O–H groups in total. The number of aryl methyl sites for hydroxylation is 3. The number of nitrogens with zero attached hydrogens (tertiary/aromatic N) is 3. The van der Waals surface area contributed by atoms with Crippen LogP contribution in [0.2, 0.25) is 0 Å². The van der Waals surface area contributed by atoms with E-state index in [1.54, 1.807) is 29.7 Å². The molecule has 11 heteroatoms. The van der Waals surface area contributed by atoms with E-state index in [2.05, 4.69) is 43.1 Å². The highest BCUT2D eigenvalue weighted by atomic mass is 32.1. The molecule has 5 nitrogen and oxygen atoms in total. The van der Waals surface area contributed by atoms with Crippen LogP contribution in [0.5, 0.6) is 11.5 Å². The monoisotopic (exact) mass is 1140 g/mol. The quantitative estimate of drug-likeness (QED) is 0.0358. The zero-order valence-electron chi connectivity index (χ0n) is 48.9. The molecule has 78 heavy (non-hydrogen) atoms. The summed E-state index contributed by atoms with van der Waals surface area (Å²) in [5.41, 5.74) is 1.06. The molecular weight excluding hydrogens is 1050 g/mol. The van der Waals surface area contributed by atoms with Gasteiger partial charge >= 0.3 is 0 Å². The molecule has 0 unspecified atom stereocenters. The van der Waals surface area contributed by atoms with Crippen molar-refractivity contribution in [1.29, 1.82) is 0 Å². The van der Waals surface area contributed by atoms with Gasteiger partial charge in [0.25, 0.3) is 0 Å². The first-order chi connectivity index (χ1) is 38.3. The van der Waals surface area contributed by atoms with Gasteiger partial charge in [-0.3, -0.25) is 0 Å². The Kier molecular flexibility index (Phi) is 27.8. The van der Waals surface area contributed by atoms with E-state index in [-0.39, 0.29) is 11.1 Å². The first-order valence-corrected chi connectivity index (χ1v) is 34.7. The second kappa shape index (κ2) is 34.8. The largest absolute Gasteiger partial charge is 0.491 e. The van der Waals surface area contributed by atoms with E-state index >= 15 is 8.78 Å². The Balaban J connectivity index is 0.948. The van der Waals surface area contributed by atoms with Crippen molar-refractivity contribution >= 4 is 76.6 Å². The van der Waals surface area contributed by atoms with Crippen LogP contribution in [-0.4, -0.2) is 28.2 Å². The minimum absolute atomic E-state index is 0.155. The summed E-state index contributed by atoms with van der Waals surface area (Å²) < 4.78 is 48.7. The smallest absolute Gasteiger partial charge is 0.170 e. The third-order valence-electron chi connectivity index (χ3n) is 15.9. The molecule has 7 aromatic rings. The van der Waals surface area contributed by atoms with Crippen molar-refractivity contribution in [2.24, 2.45) is 7.05 Å². The van der Waals surface area contributed by atoms with Crippen LogP contribution in [0.25, 0.3) is 61.8 Å². The average Bonchev–Trinajstić information content (AvgIpc) is 4.41. The van der Waals surface area contributed by atoms with Gasteiger partial charge in [0, 0.05) is 47.1 Å². The highest BCUT2D eigenvalue weighted by molar-refractivity contribution is 7.27. The number of halogens is 2. The molecule has 0 amide bonds. The van der Waals surface area contributed by atoms with E-state index in [4.69, 9.17) is 9.47 Å². The maximum Gasteiger partial charge on any atom is 0.170 e. The lowest BCUT2D eigenvalue weighted by Crippen LogP contribution is -2.00. The topological polar surface area (TPSA) is 49.2 Å². The lowest BCUT2D eigenvalue weighted by atomic mass is 10.0. The van der Waals surface area contributed by atoms with Crippen molar-refractivity contribution in [3.05, 3.63) is 57.8 Å². The SMILES string of the molecule is CCCCCCCCCCCCCCCCCCCCOc1c2cc(-c3ccc(-c4c(F)c(F)c(-c5ccc(C)s5)c5nn(C)nc45)s3)sc2c(OCCCCCCCCCCCCCCCCCCCC)c2cc(C)sc12. The van der Waals surface area contributed by atoms with E-state index in [0.717, 1.165) is 59.1 Å². The molecule has 0 saturated carbocycles. The van der Waals surface area contributed by atoms with Gasteiger partial charge in [-0.15, -0.1) is 45.3 Å². The van der Waals surface area contributed by atoms with Crippen LogP contribution < -0.4 is 9.47 Å².